The first-order chi connectivity index (χ1) is 8.17. The molecule has 0 unspecified atom stereocenters. The van der Waals surface area contributed by atoms with Crippen LogP contribution in [0.15, 0.2) is 18.2 Å². The summed E-state index contributed by atoms with van der Waals surface area (Å²) in [5, 5.41) is 3.02. The summed E-state index contributed by atoms with van der Waals surface area (Å²) in [5.41, 5.74) is 2.42. The Labute approximate surface area is 103 Å². The van der Waals surface area contributed by atoms with Crippen molar-refractivity contribution in [3.63, 3.8) is 0 Å². The molecule has 0 aliphatic carbocycles. The Bertz CT molecular complexity index is 387. The quantitative estimate of drug-likeness (QED) is 0.797. The Balaban J connectivity index is 3.23. The first-order valence-corrected chi connectivity index (χ1v) is 5.82. The van der Waals surface area contributed by atoms with Crippen LogP contribution in [-0.4, -0.2) is 33.2 Å². The summed E-state index contributed by atoms with van der Waals surface area (Å²) in [5.74, 6) is -0.302. The molecular formula is C13H20N2O2. The molecule has 0 bridgehead atoms. The maximum atomic E-state index is 11.8. The van der Waals surface area contributed by atoms with Gasteiger partial charge >= 0.3 is 5.97 Å². The number of ether oxygens (including phenoxy) is 1. The standard InChI is InChI=1S/C13H20N2O2/c1-5-15(6-2)12-8-7-10(14-3)9-11(12)13(16)17-4/h7-9,14H,5-6H2,1-4H3. The minimum Gasteiger partial charge on any atom is -0.465 e. The summed E-state index contributed by atoms with van der Waals surface area (Å²) in [6.07, 6.45) is 0. The number of nitrogens with zero attached hydrogens (tertiary/aromatic N) is 1. The SMILES string of the molecule is CCN(CC)c1ccc(NC)cc1C(=O)OC. The Hall–Kier alpha value is -1.71. The Morgan fingerprint density at radius 2 is 2.00 bits per heavy atom. The molecule has 1 rings (SSSR count). The molecule has 0 aliphatic rings. The molecule has 4 nitrogen and oxygen atoms in total. The second kappa shape index (κ2) is 6.13. The van der Waals surface area contributed by atoms with Crippen molar-refractivity contribution >= 4 is 17.3 Å². The predicted molar refractivity (Wildman–Crippen MR) is 70.9 cm³/mol. The van der Waals surface area contributed by atoms with Crippen molar-refractivity contribution in [3.05, 3.63) is 23.8 Å². The molecule has 17 heavy (non-hydrogen) atoms. The second-order valence-electron chi connectivity index (χ2n) is 3.65. The number of esters is 1. The maximum Gasteiger partial charge on any atom is 0.340 e. The number of benzene rings is 1. The largest absolute Gasteiger partial charge is 0.465 e. The van der Waals surface area contributed by atoms with Gasteiger partial charge in [-0.25, -0.2) is 4.79 Å². The minimum absolute atomic E-state index is 0.302. The number of carbonyl (C=O) groups is 1. The predicted octanol–water partition coefficient (Wildman–Crippen LogP) is 2.36. The van der Waals surface area contributed by atoms with Crippen LogP contribution in [0.5, 0.6) is 0 Å². The summed E-state index contributed by atoms with van der Waals surface area (Å²) < 4.78 is 4.82. The molecule has 1 aromatic rings. The Morgan fingerprint density at radius 3 is 2.47 bits per heavy atom. The van der Waals surface area contributed by atoms with Crippen molar-refractivity contribution in [2.24, 2.45) is 0 Å². The van der Waals surface area contributed by atoms with E-state index in [1.807, 2.05) is 25.2 Å². The van der Waals surface area contributed by atoms with Gasteiger partial charge in [0.05, 0.1) is 18.4 Å². The highest BCUT2D eigenvalue weighted by Crippen LogP contribution is 2.24. The van der Waals surface area contributed by atoms with Gasteiger partial charge in [-0.1, -0.05) is 0 Å². The summed E-state index contributed by atoms with van der Waals surface area (Å²) >= 11 is 0. The van der Waals surface area contributed by atoms with Gasteiger partial charge in [0.1, 0.15) is 0 Å². The first kappa shape index (κ1) is 13.4. The topological polar surface area (TPSA) is 41.6 Å². The highest BCUT2D eigenvalue weighted by Gasteiger charge is 2.15. The summed E-state index contributed by atoms with van der Waals surface area (Å²) in [7, 11) is 3.23. The summed E-state index contributed by atoms with van der Waals surface area (Å²) in [6, 6.07) is 5.73. The lowest BCUT2D eigenvalue weighted by Crippen LogP contribution is -2.24. The number of nitrogens with one attached hydrogen (secondary N) is 1. The third-order valence-corrected chi connectivity index (χ3v) is 2.79. The van der Waals surface area contributed by atoms with Crippen LogP contribution in [-0.2, 0) is 4.74 Å². The van der Waals surface area contributed by atoms with E-state index in [9.17, 15) is 4.79 Å². The van der Waals surface area contributed by atoms with Crippen LogP contribution in [0.1, 0.15) is 24.2 Å². The molecule has 0 saturated heterocycles. The Morgan fingerprint density at radius 1 is 1.35 bits per heavy atom. The van der Waals surface area contributed by atoms with Crippen LogP contribution in [0.2, 0.25) is 0 Å². The number of anilines is 2. The van der Waals surface area contributed by atoms with Gasteiger partial charge in [0, 0.05) is 25.8 Å². The van der Waals surface area contributed by atoms with Crippen molar-refractivity contribution in [3.8, 4) is 0 Å². The van der Waals surface area contributed by atoms with E-state index in [4.69, 9.17) is 4.74 Å². The number of methoxy groups -OCH3 is 1. The fourth-order valence-corrected chi connectivity index (χ4v) is 1.81. The highest BCUT2D eigenvalue weighted by molar-refractivity contribution is 5.97. The lowest BCUT2D eigenvalue weighted by molar-refractivity contribution is 0.0601. The van der Waals surface area contributed by atoms with Crippen molar-refractivity contribution in [2.45, 2.75) is 13.8 Å². The number of rotatable bonds is 5. The van der Waals surface area contributed by atoms with Gasteiger partial charge in [0.15, 0.2) is 0 Å². The van der Waals surface area contributed by atoms with E-state index in [2.05, 4.69) is 24.1 Å². The fraction of sp³-hybridized carbons (Fsp3) is 0.462. The van der Waals surface area contributed by atoms with E-state index in [0.717, 1.165) is 24.5 Å². The number of carbonyl (C=O) groups excluding carboxylic acids is 1. The monoisotopic (exact) mass is 236 g/mol. The van der Waals surface area contributed by atoms with Crippen LogP contribution in [0.3, 0.4) is 0 Å². The molecule has 1 aromatic carbocycles. The molecule has 0 amide bonds. The van der Waals surface area contributed by atoms with Gasteiger partial charge in [-0.15, -0.1) is 0 Å². The molecular weight excluding hydrogens is 216 g/mol. The lowest BCUT2D eigenvalue weighted by atomic mass is 10.1. The minimum atomic E-state index is -0.302. The molecule has 94 valence electrons. The van der Waals surface area contributed by atoms with Crippen LogP contribution in [0.4, 0.5) is 11.4 Å². The molecule has 4 heteroatoms. The van der Waals surface area contributed by atoms with Gasteiger partial charge in [-0.2, -0.15) is 0 Å². The average Bonchev–Trinajstić information content (AvgIpc) is 2.39. The highest BCUT2D eigenvalue weighted by atomic mass is 16.5. The maximum absolute atomic E-state index is 11.8. The molecule has 0 aromatic heterocycles. The molecule has 0 heterocycles. The zero-order chi connectivity index (χ0) is 12.8. The van der Waals surface area contributed by atoms with Crippen LogP contribution in [0, 0.1) is 0 Å². The van der Waals surface area contributed by atoms with E-state index in [1.165, 1.54) is 7.11 Å². The molecule has 0 aliphatic heterocycles. The second-order valence-corrected chi connectivity index (χ2v) is 3.65. The molecule has 0 saturated carbocycles. The number of hydrogen-bond donors (Lipinski definition) is 1. The van der Waals surface area contributed by atoms with Crippen LogP contribution in [0.25, 0.3) is 0 Å². The fourth-order valence-electron chi connectivity index (χ4n) is 1.81. The molecule has 0 atom stereocenters. The third-order valence-electron chi connectivity index (χ3n) is 2.79. The van der Waals surface area contributed by atoms with Gasteiger partial charge in [0.25, 0.3) is 0 Å². The van der Waals surface area contributed by atoms with E-state index < -0.39 is 0 Å². The van der Waals surface area contributed by atoms with Crippen LogP contribution < -0.4 is 10.2 Å². The molecule has 0 fully saturated rings. The number of hydrogen-bond acceptors (Lipinski definition) is 4. The van der Waals surface area contributed by atoms with Crippen LogP contribution >= 0.6 is 0 Å². The normalized spacial score (nSPS) is 9.88. The smallest absolute Gasteiger partial charge is 0.340 e. The average molecular weight is 236 g/mol. The molecule has 0 radical (unpaired) electrons. The van der Waals surface area contributed by atoms with Gasteiger partial charge in [0.2, 0.25) is 0 Å². The lowest BCUT2D eigenvalue weighted by Gasteiger charge is -2.23. The molecule has 1 N–H and O–H groups in total. The van der Waals surface area contributed by atoms with E-state index in [0.29, 0.717) is 5.56 Å². The third kappa shape index (κ3) is 2.90. The van der Waals surface area contributed by atoms with Gasteiger partial charge in [-0.3, -0.25) is 0 Å². The zero-order valence-electron chi connectivity index (χ0n) is 10.9. The van der Waals surface area contributed by atoms with Crippen molar-refractivity contribution in [2.75, 3.05) is 37.5 Å². The Kier molecular flexibility index (Phi) is 4.82. The van der Waals surface area contributed by atoms with Crippen molar-refractivity contribution in [1.29, 1.82) is 0 Å². The summed E-state index contributed by atoms with van der Waals surface area (Å²) in [6.45, 7) is 5.85. The van der Waals surface area contributed by atoms with E-state index >= 15 is 0 Å². The van der Waals surface area contributed by atoms with Gasteiger partial charge < -0.3 is 15.0 Å². The first-order valence-electron chi connectivity index (χ1n) is 5.82. The molecule has 0 spiro atoms. The van der Waals surface area contributed by atoms with E-state index in [-0.39, 0.29) is 5.97 Å². The summed E-state index contributed by atoms with van der Waals surface area (Å²) in [4.78, 5) is 13.9. The van der Waals surface area contributed by atoms with Crippen molar-refractivity contribution in [1.82, 2.24) is 0 Å². The van der Waals surface area contributed by atoms with Crippen molar-refractivity contribution < 1.29 is 9.53 Å². The van der Waals surface area contributed by atoms with Gasteiger partial charge in [-0.05, 0) is 32.0 Å². The van der Waals surface area contributed by atoms with E-state index in [1.54, 1.807) is 0 Å². The zero-order valence-corrected chi connectivity index (χ0v) is 10.9.